The molecule has 1 aliphatic carbocycles. The number of halogens is 2. The number of nitrogens with one attached hydrogen (secondary N) is 1. The summed E-state index contributed by atoms with van der Waals surface area (Å²) in [6.45, 7) is 2.24. The highest BCUT2D eigenvalue weighted by atomic mass is 35.5. The van der Waals surface area contributed by atoms with Crippen molar-refractivity contribution in [2.24, 2.45) is 0 Å². The highest BCUT2D eigenvalue weighted by molar-refractivity contribution is 7.98. The number of hydrogen-bond donors (Lipinski definition) is 1. The van der Waals surface area contributed by atoms with Crippen molar-refractivity contribution in [2.45, 2.75) is 69.8 Å². The largest absolute Gasteiger partial charge is 0.352 e. The molecule has 1 N–H and O–H groups in total. The van der Waals surface area contributed by atoms with E-state index in [1.54, 1.807) is 28.8 Å². The van der Waals surface area contributed by atoms with Crippen LogP contribution in [0.15, 0.2) is 48.5 Å². The number of carbonyl (C=O) groups excluding carboxylic acids is 2. The lowest BCUT2D eigenvalue weighted by Crippen LogP contribution is -2.51. The smallest absolute Gasteiger partial charge is 0.243 e. The molecular formula is C26H32Cl2N2O2S. The molecule has 2 amide bonds. The van der Waals surface area contributed by atoms with Gasteiger partial charge in [-0.15, -0.1) is 0 Å². The lowest BCUT2D eigenvalue weighted by molar-refractivity contribution is -0.141. The summed E-state index contributed by atoms with van der Waals surface area (Å²) >= 11 is 14.2. The minimum Gasteiger partial charge on any atom is -0.352 e. The van der Waals surface area contributed by atoms with Gasteiger partial charge in [0.25, 0.3) is 0 Å². The van der Waals surface area contributed by atoms with Crippen LogP contribution in [0.3, 0.4) is 0 Å². The van der Waals surface area contributed by atoms with Gasteiger partial charge >= 0.3 is 0 Å². The first-order valence-corrected chi connectivity index (χ1v) is 13.5. The Morgan fingerprint density at radius 3 is 2.52 bits per heavy atom. The molecule has 3 rings (SSSR count). The number of hydrogen-bond acceptors (Lipinski definition) is 3. The third-order valence-electron chi connectivity index (χ3n) is 6.02. The van der Waals surface area contributed by atoms with Crippen LogP contribution in [0.2, 0.25) is 10.0 Å². The van der Waals surface area contributed by atoms with Crippen LogP contribution in [0.5, 0.6) is 0 Å². The van der Waals surface area contributed by atoms with Gasteiger partial charge in [0, 0.05) is 40.6 Å². The van der Waals surface area contributed by atoms with Gasteiger partial charge in [0.1, 0.15) is 6.04 Å². The zero-order chi connectivity index (χ0) is 23.6. The maximum Gasteiger partial charge on any atom is 0.243 e. The molecule has 0 radical (unpaired) electrons. The van der Waals surface area contributed by atoms with Gasteiger partial charge in [-0.2, -0.15) is 11.8 Å². The van der Waals surface area contributed by atoms with Crippen LogP contribution in [0.1, 0.15) is 56.6 Å². The van der Waals surface area contributed by atoms with E-state index in [0.29, 0.717) is 28.6 Å². The first kappa shape index (κ1) is 25.9. The van der Waals surface area contributed by atoms with Gasteiger partial charge in [-0.1, -0.05) is 79.4 Å². The van der Waals surface area contributed by atoms with E-state index >= 15 is 0 Å². The average molecular weight is 508 g/mol. The molecule has 178 valence electrons. The summed E-state index contributed by atoms with van der Waals surface area (Å²) < 4.78 is 0. The van der Waals surface area contributed by atoms with E-state index in [2.05, 4.69) is 17.4 Å². The molecule has 0 aliphatic heterocycles. The van der Waals surface area contributed by atoms with Crippen LogP contribution in [0.4, 0.5) is 0 Å². The van der Waals surface area contributed by atoms with Crippen LogP contribution in [-0.4, -0.2) is 34.6 Å². The highest BCUT2D eigenvalue weighted by Crippen LogP contribution is 2.25. The number of carbonyl (C=O) groups is 2. The molecule has 0 heterocycles. The van der Waals surface area contributed by atoms with Crippen molar-refractivity contribution in [1.29, 1.82) is 0 Å². The lowest BCUT2D eigenvalue weighted by atomic mass is 10.1. The number of benzene rings is 2. The zero-order valence-electron chi connectivity index (χ0n) is 19.1. The first-order valence-electron chi connectivity index (χ1n) is 11.6. The van der Waals surface area contributed by atoms with Crippen LogP contribution in [0, 0.1) is 0 Å². The molecule has 1 aliphatic rings. The van der Waals surface area contributed by atoms with Crippen LogP contribution < -0.4 is 5.32 Å². The molecule has 0 unspecified atom stereocenters. The molecule has 1 atom stereocenters. The fraction of sp³-hybridized carbons (Fsp3) is 0.462. The summed E-state index contributed by atoms with van der Waals surface area (Å²) in [5.74, 6) is 1.45. The molecule has 7 heteroatoms. The summed E-state index contributed by atoms with van der Waals surface area (Å²) in [5.41, 5.74) is 2.03. The number of thioether (sulfide) groups is 1. The quantitative estimate of drug-likeness (QED) is 0.354. The van der Waals surface area contributed by atoms with Crippen molar-refractivity contribution in [2.75, 3.05) is 5.75 Å². The molecule has 0 saturated heterocycles. The topological polar surface area (TPSA) is 49.4 Å². The van der Waals surface area contributed by atoms with Gasteiger partial charge in [0.2, 0.25) is 11.8 Å². The van der Waals surface area contributed by atoms with Gasteiger partial charge < -0.3 is 10.2 Å². The predicted molar refractivity (Wildman–Crippen MR) is 139 cm³/mol. The van der Waals surface area contributed by atoms with Crippen molar-refractivity contribution in [3.63, 3.8) is 0 Å². The SMILES string of the molecule is CC[C@H](C(=O)NC1CCCC1)N(Cc1ccc(Cl)cc1Cl)C(=O)CCSCc1ccccc1. The van der Waals surface area contributed by atoms with E-state index in [9.17, 15) is 9.59 Å². The van der Waals surface area contributed by atoms with Crippen molar-refractivity contribution >= 4 is 46.8 Å². The Labute approximate surface area is 211 Å². The Balaban J connectivity index is 1.68. The maximum absolute atomic E-state index is 13.3. The van der Waals surface area contributed by atoms with E-state index in [1.165, 1.54) is 5.56 Å². The van der Waals surface area contributed by atoms with E-state index in [1.807, 2.05) is 31.2 Å². The third kappa shape index (κ3) is 7.94. The normalized spacial score (nSPS) is 14.8. The number of rotatable bonds is 11. The fourth-order valence-corrected chi connectivity index (χ4v) is 5.55. The van der Waals surface area contributed by atoms with Crippen molar-refractivity contribution < 1.29 is 9.59 Å². The first-order chi connectivity index (χ1) is 16.0. The Bertz CT molecular complexity index is 920. The van der Waals surface area contributed by atoms with Gasteiger partial charge in [0.15, 0.2) is 0 Å². The number of nitrogens with zero attached hydrogens (tertiary/aromatic N) is 1. The molecule has 2 aromatic carbocycles. The van der Waals surface area contributed by atoms with Gasteiger partial charge in [0.05, 0.1) is 0 Å². The second kappa shape index (κ2) is 13.3. The molecule has 2 aromatic rings. The maximum atomic E-state index is 13.3. The Morgan fingerprint density at radius 1 is 1.12 bits per heavy atom. The summed E-state index contributed by atoms with van der Waals surface area (Å²) in [6, 6.07) is 15.2. The minimum atomic E-state index is -0.524. The average Bonchev–Trinajstić information content (AvgIpc) is 3.31. The molecule has 0 aromatic heterocycles. The molecule has 0 spiro atoms. The monoisotopic (exact) mass is 506 g/mol. The van der Waals surface area contributed by atoms with Crippen LogP contribution in [-0.2, 0) is 21.9 Å². The summed E-state index contributed by atoms with van der Waals surface area (Å²) in [6.07, 6.45) is 5.22. The van der Waals surface area contributed by atoms with E-state index in [4.69, 9.17) is 23.2 Å². The van der Waals surface area contributed by atoms with Gasteiger partial charge in [-0.05, 0) is 42.5 Å². The number of amides is 2. The van der Waals surface area contributed by atoms with Crippen molar-refractivity contribution in [3.05, 3.63) is 69.7 Å². The molecule has 33 heavy (non-hydrogen) atoms. The second-order valence-electron chi connectivity index (χ2n) is 8.46. The summed E-state index contributed by atoms with van der Waals surface area (Å²) in [5, 5.41) is 4.22. The molecule has 1 fully saturated rings. The summed E-state index contributed by atoms with van der Waals surface area (Å²) in [4.78, 5) is 28.2. The third-order valence-corrected chi connectivity index (χ3v) is 7.63. The molecule has 4 nitrogen and oxygen atoms in total. The van der Waals surface area contributed by atoms with Crippen LogP contribution >= 0.6 is 35.0 Å². The van der Waals surface area contributed by atoms with E-state index in [-0.39, 0.29) is 24.4 Å². The molecule has 1 saturated carbocycles. The van der Waals surface area contributed by atoms with Crippen LogP contribution in [0.25, 0.3) is 0 Å². The van der Waals surface area contributed by atoms with E-state index in [0.717, 1.165) is 37.0 Å². The van der Waals surface area contributed by atoms with E-state index < -0.39 is 6.04 Å². The molecule has 0 bridgehead atoms. The lowest BCUT2D eigenvalue weighted by Gasteiger charge is -2.32. The van der Waals surface area contributed by atoms with Crippen molar-refractivity contribution in [1.82, 2.24) is 10.2 Å². The summed E-state index contributed by atoms with van der Waals surface area (Å²) in [7, 11) is 0. The van der Waals surface area contributed by atoms with Gasteiger partial charge in [-0.25, -0.2) is 0 Å². The van der Waals surface area contributed by atoms with Gasteiger partial charge in [-0.3, -0.25) is 9.59 Å². The Morgan fingerprint density at radius 2 is 1.85 bits per heavy atom. The Kier molecular flexibility index (Phi) is 10.4. The minimum absolute atomic E-state index is 0.0324. The standard InChI is InChI=1S/C26H32Cl2N2O2S/c1-2-24(26(32)29-22-10-6-7-11-22)30(17-20-12-13-21(27)16-23(20)28)25(31)14-15-33-18-19-8-4-3-5-9-19/h3-5,8-9,12-13,16,22,24H,2,6-7,10-11,14-15,17-18H2,1H3,(H,29,32)/t24-/m1/s1. The van der Waals surface area contributed by atoms with Crippen molar-refractivity contribution in [3.8, 4) is 0 Å². The predicted octanol–water partition coefficient (Wildman–Crippen LogP) is 6.48. The zero-order valence-corrected chi connectivity index (χ0v) is 21.4. The fourth-order valence-electron chi connectivity index (χ4n) is 4.19. The molecular weight excluding hydrogens is 475 g/mol. The highest BCUT2D eigenvalue weighted by Gasteiger charge is 2.30. The Hall–Kier alpha value is -1.69. The second-order valence-corrected chi connectivity index (χ2v) is 10.4.